The molecule has 0 atom stereocenters. The zero-order valence-electron chi connectivity index (χ0n) is 9.81. The number of amides is 2. The van der Waals surface area contributed by atoms with Crippen molar-refractivity contribution >= 4 is 28.5 Å². The quantitative estimate of drug-likeness (QED) is 0.722. The number of nitrogens with zero attached hydrogens (tertiary/aromatic N) is 2. The number of halogens is 1. The number of rotatable bonds is 1. The van der Waals surface area contributed by atoms with E-state index in [1.165, 1.54) is 17.0 Å². The van der Waals surface area contributed by atoms with Gasteiger partial charge in [0.05, 0.1) is 5.52 Å². The van der Waals surface area contributed by atoms with Crippen LogP contribution in [0.2, 0.25) is 0 Å². The van der Waals surface area contributed by atoms with E-state index in [0.29, 0.717) is 11.3 Å². The number of hydrogen-bond donors (Lipinski definition) is 0. The molecule has 2 aromatic rings. The highest BCUT2D eigenvalue weighted by Gasteiger charge is 2.32. The third kappa shape index (κ3) is 1.44. The van der Waals surface area contributed by atoms with Crippen molar-refractivity contribution in [3.8, 4) is 0 Å². The van der Waals surface area contributed by atoms with Crippen LogP contribution in [0, 0.1) is 5.82 Å². The molecule has 0 spiro atoms. The SMILES string of the molecule is Cn1c(N2C(=O)CCC2=O)cc2ccc(F)cc21. The highest BCUT2D eigenvalue weighted by Crippen LogP contribution is 2.29. The number of aryl methyl sites for hydroxylation is 1. The van der Waals surface area contributed by atoms with Crippen molar-refractivity contribution < 1.29 is 14.0 Å². The van der Waals surface area contributed by atoms with Gasteiger partial charge in [0, 0.05) is 25.3 Å². The summed E-state index contributed by atoms with van der Waals surface area (Å²) in [5.74, 6) is -0.241. The van der Waals surface area contributed by atoms with Crippen LogP contribution < -0.4 is 4.90 Å². The Morgan fingerprint density at radius 2 is 1.78 bits per heavy atom. The topological polar surface area (TPSA) is 42.3 Å². The van der Waals surface area contributed by atoms with E-state index in [1.807, 2.05) is 0 Å². The van der Waals surface area contributed by atoms with Gasteiger partial charge in [-0.2, -0.15) is 0 Å². The number of fused-ring (bicyclic) bond motifs is 1. The van der Waals surface area contributed by atoms with Crippen molar-refractivity contribution in [2.45, 2.75) is 12.8 Å². The van der Waals surface area contributed by atoms with Gasteiger partial charge < -0.3 is 4.57 Å². The molecule has 92 valence electrons. The van der Waals surface area contributed by atoms with Gasteiger partial charge in [0.2, 0.25) is 11.8 Å². The van der Waals surface area contributed by atoms with E-state index in [-0.39, 0.29) is 30.5 Å². The minimum Gasteiger partial charge on any atom is -0.330 e. The van der Waals surface area contributed by atoms with Gasteiger partial charge in [-0.3, -0.25) is 9.59 Å². The highest BCUT2D eigenvalue weighted by molar-refractivity contribution is 6.20. The van der Waals surface area contributed by atoms with Crippen LogP contribution in [-0.4, -0.2) is 16.4 Å². The maximum Gasteiger partial charge on any atom is 0.235 e. The summed E-state index contributed by atoms with van der Waals surface area (Å²) in [4.78, 5) is 24.6. The van der Waals surface area contributed by atoms with E-state index in [9.17, 15) is 14.0 Å². The highest BCUT2D eigenvalue weighted by atomic mass is 19.1. The van der Waals surface area contributed by atoms with Crippen LogP contribution in [0.4, 0.5) is 10.2 Å². The molecule has 3 rings (SSSR count). The lowest BCUT2D eigenvalue weighted by Gasteiger charge is -2.14. The third-order valence-corrected chi connectivity index (χ3v) is 3.26. The van der Waals surface area contributed by atoms with E-state index in [0.717, 1.165) is 5.39 Å². The van der Waals surface area contributed by atoms with Gasteiger partial charge in [0.25, 0.3) is 0 Å². The van der Waals surface area contributed by atoms with E-state index >= 15 is 0 Å². The Hall–Kier alpha value is -2.17. The first-order chi connectivity index (χ1) is 8.58. The summed E-state index contributed by atoms with van der Waals surface area (Å²) >= 11 is 0. The normalized spacial score (nSPS) is 16.0. The summed E-state index contributed by atoms with van der Waals surface area (Å²) in [6.07, 6.45) is 0.490. The summed E-state index contributed by atoms with van der Waals surface area (Å²) in [5.41, 5.74) is 0.664. The Morgan fingerprint density at radius 3 is 2.44 bits per heavy atom. The van der Waals surface area contributed by atoms with Crippen molar-refractivity contribution in [3.63, 3.8) is 0 Å². The summed E-state index contributed by atoms with van der Waals surface area (Å²) < 4.78 is 14.9. The summed E-state index contributed by atoms with van der Waals surface area (Å²) in [5, 5.41) is 0.807. The van der Waals surface area contributed by atoms with Crippen molar-refractivity contribution in [1.82, 2.24) is 4.57 Å². The summed E-state index contributed by atoms with van der Waals surface area (Å²) in [6.45, 7) is 0. The minimum absolute atomic E-state index is 0.202. The molecule has 2 heterocycles. The van der Waals surface area contributed by atoms with Gasteiger partial charge in [-0.25, -0.2) is 9.29 Å². The first kappa shape index (κ1) is 11.0. The zero-order valence-corrected chi connectivity index (χ0v) is 9.81. The molecule has 1 saturated heterocycles. The van der Waals surface area contributed by atoms with Crippen molar-refractivity contribution in [1.29, 1.82) is 0 Å². The molecule has 18 heavy (non-hydrogen) atoms. The number of hydrogen-bond acceptors (Lipinski definition) is 2. The molecule has 0 radical (unpaired) electrons. The van der Waals surface area contributed by atoms with E-state index in [2.05, 4.69) is 0 Å². The molecule has 0 aliphatic carbocycles. The van der Waals surface area contributed by atoms with Crippen LogP contribution in [0.15, 0.2) is 24.3 Å². The molecule has 5 heteroatoms. The fraction of sp³-hybridized carbons (Fsp3) is 0.231. The van der Waals surface area contributed by atoms with Gasteiger partial charge in [-0.05, 0) is 24.3 Å². The average molecular weight is 246 g/mol. The van der Waals surface area contributed by atoms with E-state index in [4.69, 9.17) is 0 Å². The summed E-state index contributed by atoms with van der Waals surface area (Å²) in [7, 11) is 1.72. The lowest BCUT2D eigenvalue weighted by Crippen LogP contribution is -2.30. The second-order valence-corrected chi connectivity index (χ2v) is 4.39. The molecule has 1 aromatic carbocycles. The lowest BCUT2D eigenvalue weighted by atomic mass is 10.2. The van der Waals surface area contributed by atoms with Crippen molar-refractivity contribution in [2.75, 3.05) is 4.90 Å². The largest absolute Gasteiger partial charge is 0.330 e. The van der Waals surface area contributed by atoms with Crippen LogP contribution in [0.1, 0.15) is 12.8 Å². The van der Waals surface area contributed by atoms with Crippen LogP contribution in [-0.2, 0) is 16.6 Å². The smallest absolute Gasteiger partial charge is 0.235 e. The standard InChI is InChI=1S/C13H11FN2O2/c1-15-10-7-9(14)3-2-8(10)6-11(15)16-12(17)4-5-13(16)18/h2-3,6-7H,4-5H2,1H3. The Balaban J connectivity index is 2.21. The van der Waals surface area contributed by atoms with Crippen molar-refractivity contribution in [2.24, 2.45) is 7.05 Å². The average Bonchev–Trinajstić information content (AvgIpc) is 2.82. The Bertz CT molecular complexity index is 659. The number of carbonyl (C=O) groups excluding carboxylic acids is 2. The van der Waals surface area contributed by atoms with Crippen LogP contribution in [0.3, 0.4) is 0 Å². The van der Waals surface area contributed by atoms with Gasteiger partial charge in [0.1, 0.15) is 11.6 Å². The molecule has 1 aromatic heterocycles. The molecule has 1 fully saturated rings. The Morgan fingerprint density at radius 1 is 1.11 bits per heavy atom. The molecule has 0 bridgehead atoms. The molecule has 1 aliphatic rings. The third-order valence-electron chi connectivity index (χ3n) is 3.26. The molecule has 0 unspecified atom stereocenters. The predicted molar refractivity (Wildman–Crippen MR) is 64.6 cm³/mol. The maximum atomic E-state index is 13.2. The van der Waals surface area contributed by atoms with Crippen LogP contribution in [0.5, 0.6) is 0 Å². The number of imide groups is 1. The van der Waals surface area contributed by atoms with Crippen LogP contribution in [0.25, 0.3) is 10.9 Å². The molecule has 1 aliphatic heterocycles. The summed E-state index contributed by atoms with van der Waals surface area (Å²) in [6, 6.07) is 6.12. The first-order valence-corrected chi connectivity index (χ1v) is 5.68. The Kier molecular flexibility index (Phi) is 2.23. The van der Waals surface area contributed by atoms with Gasteiger partial charge in [-0.1, -0.05) is 0 Å². The second kappa shape index (κ2) is 3.66. The number of anilines is 1. The maximum absolute atomic E-state index is 13.2. The Labute approximate surface area is 103 Å². The van der Waals surface area contributed by atoms with Crippen LogP contribution >= 0.6 is 0 Å². The number of aromatic nitrogens is 1. The van der Waals surface area contributed by atoms with E-state index < -0.39 is 0 Å². The molecular formula is C13H11FN2O2. The molecular weight excluding hydrogens is 235 g/mol. The molecule has 0 N–H and O–H groups in total. The number of benzene rings is 1. The number of carbonyl (C=O) groups is 2. The fourth-order valence-corrected chi connectivity index (χ4v) is 2.34. The monoisotopic (exact) mass is 246 g/mol. The van der Waals surface area contributed by atoms with Crippen molar-refractivity contribution in [3.05, 3.63) is 30.1 Å². The molecule has 0 saturated carbocycles. The fourth-order valence-electron chi connectivity index (χ4n) is 2.34. The van der Waals surface area contributed by atoms with Gasteiger partial charge >= 0.3 is 0 Å². The lowest BCUT2D eigenvalue weighted by molar-refractivity contribution is -0.121. The molecule has 4 nitrogen and oxygen atoms in total. The minimum atomic E-state index is -0.339. The van der Waals surface area contributed by atoms with E-state index in [1.54, 1.807) is 23.7 Å². The van der Waals surface area contributed by atoms with Gasteiger partial charge in [0.15, 0.2) is 0 Å². The zero-order chi connectivity index (χ0) is 12.9. The molecule has 2 amide bonds. The first-order valence-electron chi connectivity index (χ1n) is 5.68. The second-order valence-electron chi connectivity index (χ2n) is 4.39. The predicted octanol–water partition coefficient (Wildman–Crippen LogP) is 1.97. The van der Waals surface area contributed by atoms with Gasteiger partial charge in [-0.15, -0.1) is 0 Å².